The van der Waals surface area contributed by atoms with Crippen LogP contribution in [0.3, 0.4) is 0 Å². The minimum Gasteiger partial charge on any atom is -0.394 e. The fraction of sp³-hybridized carbons (Fsp3) is 1.00. The van der Waals surface area contributed by atoms with Gasteiger partial charge in [0.25, 0.3) is 0 Å². The fourth-order valence-electron chi connectivity index (χ4n) is 3.10. The Bertz CT molecular complexity index is 352. The van der Waals surface area contributed by atoms with E-state index in [1.54, 1.807) is 0 Å². The van der Waals surface area contributed by atoms with Crippen LogP contribution in [0.25, 0.3) is 0 Å². The summed E-state index contributed by atoms with van der Waals surface area (Å²) in [5.74, 6) is -0.540. The lowest BCUT2D eigenvalue weighted by atomic mass is 9.83. The molecule has 9 nitrogen and oxygen atoms in total. The quantitative estimate of drug-likeness (QED) is 0.276. The van der Waals surface area contributed by atoms with Gasteiger partial charge in [-0.15, -0.1) is 0 Å². The van der Waals surface area contributed by atoms with Crippen LogP contribution in [-0.4, -0.2) is 98.0 Å². The molecule has 22 heavy (non-hydrogen) atoms. The molecule has 2 saturated heterocycles. The molecule has 130 valence electrons. The van der Waals surface area contributed by atoms with Crippen molar-refractivity contribution >= 4 is 0 Å². The van der Waals surface area contributed by atoms with E-state index in [1.165, 1.54) is 0 Å². The molecule has 9 atom stereocenters. The third kappa shape index (κ3) is 3.58. The first-order chi connectivity index (χ1) is 10.4. The molecule has 0 amide bonds. The molecule has 2 aliphatic rings. The summed E-state index contributed by atoms with van der Waals surface area (Å²) in [6.45, 7) is -0.997. The largest absolute Gasteiger partial charge is 0.394 e. The van der Waals surface area contributed by atoms with Gasteiger partial charge in [0.15, 0.2) is 6.29 Å². The van der Waals surface area contributed by atoms with Crippen LogP contribution in [0.4, 0.5) is 0 Å². The Labute approximate surface area is 127 Å². The second kappa shape index (κ2) is 7.47. The molecular formula is C13H24O9. The smallest absolute Gasteiger partial charge is 0.155 e. The van der Waals surface area contributed by atoms with E-state index in [-0.39, 0.29) is 12.8 Å². The number of rotatable bonds is 4. The van der Waals surface area contributed by atoms with Gasteiger partial charge in [0.1, 0.15) is 30.5 Å². The molecule has 0 saturated carbocycles. The van der Waals surface area contributed by atoms with E-state index in [0.29, 0.717) is 0 Å². The molecule has 2 heterocycles. The van der Waals surface area contributed by atoms with Crippen LogP contribution in [0.15, 0.2) is 0 Å². The zero-order chi connectivity index (χ0) is 16.4. The third-order valence-electron chi connectivity index (χ3n) is 4.41. The lowest BCUT2D eigenvalue weighted by Gasteiger charge is -2.43. The zero-order valence-electron chi connectivity index (χ0n) is 12.0. The number of hydrogen-bond acceptors (Lipinski definition) is 9. The summed E-state index contributed by atoms with van der Waals surface area (Å²) in [7, 11) is 0. The lowest BCUT2D eigenvalue weighted by Crippen LogP contribution is -2.59. The first kappa shape index (κ1) is 18.0. The van der Waals surface area contributed by atoms with Crippen LogP contribution in [0, 0.1) is 5.92 Å². The van der Waals surface area contributed by atoms with Crippen molar-refractivity contribution in [1.82, 2.24) is 0 Å². The summed E-state index contributed by atoms with van der Waals surface area (Å²) in [6, 6.07) is 0. The van der Waals surface area contributed by atoms with E-state index in [0.717, 1.165) is 0 Å². The molecule has 0 aromatic carbocycles. The summed E-state index contributed by atoms with van der Waals surface area (Å²) in [6.07, 6.45) is -9.28. The minimum atomic E-state index is -1.48. The van der Waals surface area contributed by atoms with Gasteiger partial charge in [-0.05, 0) is 12.3 Å². The minimum absolute atomic E-state index is 0.0690. The molecule has 0 aromatic heterocycles. The molecule has 0 radical (unpaired) electrons. The van der Waals surface area contributed by atoms with E-state index < -0.39 is 68.1 Å². The number of aliphatic hydroxyl groups excluding tert-OH is 7. The molecular weight excluding hydrogens is 300 g/mol. The maximum absolute atomic E-state index is 10.1. The van der Waals surface area contributed by atoms with Crippen LogP contribution >= 0.6 is 0 Å². The van der Waals surface area contributed by atoms with E-state index >= 15 is 0 Å². The van der Waals surface area contributed by atoms with Crippen molar-refractivity contribution in [2.45, 2.75) is 61.9 Å². The van der Waals surface area contributed by atoms with Gasteiger partial charge >= 0.3 is 0 Å². The molecule has 2 rings (SSSR count). The van der Waals surface area contributed by atoms with E-state index in [9.17, 15) is 25.5 Å². The van der Waals surface area contributed by atoms with Gasteiger partial charge in [0, 0.05) is 6.42 Å². The van der Waals surface area contributed by atoms with Crippen LogP contribution in [0.1, 0.15) is 12.8 Å². The molecule has 2 fully saturated rings. The van der Waals surface area contributed by atoms with Gasteiger partial charge in [-0.2, -0.15) is 0 Å². The fourth-order valence-corrected chi connectivity index (χ4v) is 3.10. The highest BCUT2D eigenvalue weighted by Crippen LogP contribution is 2.32. The van der Waals surface area contributed by atoms with Crippen molar-refractivity contribution in [3.8, 4) is 0 Å². The summed E-state index contributed by atoms with van der Waals surface area (Å²) in [5, 5.41) is 67.4. The van der Waals surface area contributed by atoms with Crippen LogP contribution in [0.2, 0.25) is 0 Å². The van der Waals surface area contributed by atoms with Crippen molar-refractivity contribution in [3.63, 3.8) is 0 Å². The highest BCUT2D eigenvalue weighted by Gasteiger charge is 2.46. The van der Waals surface area contributed by atoms with Crippen molar-refractivity contribution in [1.29, 1.82) is 0 Å². The molecule has 0 spiro atoms. The summed E-state index contributed by atoms with van der Waals surface area (Å²) in [5.41, 5.74) is 0. The van der Waals surface area contributed by atoms with Gasteiger partial charge in [0.05, 0.1) is 25.4 Å². The Morgan fingerprint density at radius 2 is 1.23 bits per heavy atom. The van der Waals surface area contributed by atoms with Crippen molar-refractivity contribution in [3.05, 3.63) is 0 Å². The average molecular weight is 324 g/mol. The molecule has 7 N–H and O–H groups in total. The van der Waals surface area contributed by atoms with E-state index in [1.807, 2.05) is 0 Å². The third-order valence-corrected chi connectivity index (χ3v) is 4.41. The Kier molecular flexibility index (Phi) is 6.11. The molecule has 0 aromatic rings. The van der Waals surface area contributed by atoms with Gasteiger partial charge in [-0.25, -0.2) is 0 Å². The Balaban J connectivity index is 2.04. The standard InChI is InChI=1S/C13H24O9/c14-3-7-10(17)5(2-9(16)22-7)1-6-11(18)13(20)12(19)8(4-15)21-6/h5-20H,1-4H2/t5-,6-,7-,8-,9+,10+,11-,12-,13-/m1/s1. The van der Waals surface area contributed by atoms with Crippen molar-refractivity contribution in [2.24, 2.45) is 5.92 Å². The van der Waals surface area contributed by atoms with E-state index in [4.69, 9.17) is 19.7 Å². The maximum Gasteiger partial charge on any atom is 0.155 e. The maximum atomic E-state index is 10.1. The number of hydrogen-bond donors (Lipinski definition) is 7. The Morgan fingerprint density at radius 1 is 0.682 bits per heavy atom. The predicted molar refractivity (Wildman–Crippen MR) is 70.5 cm³/mol. The first-order valence-electron chi connectivity index (χ1n) is 7.32. The molecule has 0 unspecified atom stereocenters. The zero-order valence-corrected chi connectivity index (χ0v) is 12.0. The molecule has 0 aliphatic carbocycles. The van der Waals surface area contributed by atoms with Gasteiger partial charge in [0.2, 0.25) is 0 Å². The number of aliphatic hydroxyl groups is 7. The van der Waals surface area contributed by atoms with Gasteiger partial charge in [-0.3, -0.25) is 0 Å². The van der Waals surface area contributed by atoms with Gasteiger partial charge in [-0.1, -0.05) is 0 Å². The average Bonchev–Trinajstić information content (AvgIpc) is 2.50. The first-order valence-corrected chi connectivity index (χ1v) is 7.32. The molecule has 2 aliphatic heterocycles. The summed E-state index contributed by atoms with van der Waals surface area (Å²) >= 11 is 0. The van der Waals surface area contributed by atoms with Gasteiger partial charge < -0.3 is 45.2 Å². The van der Waals surface area contributed by atoms with E-state index in [2.05, 4.69) is 0 Å². The molecule has 0 bridgehead atoms. The Morgan fingerprint density at radius 3 is 1.82 bits per heavy atom. The molecule has 9 heteroatoms. The predicted octanol–water partition coefficient (Wildman–Crippen LogP) is -3.70. The number of ether oxygens (including phenoxy) is 2. The second-order valence-corrected chi connectivity index (χ2v) is 5.90. The SMILES string of the molecule is OC[C@H]1O[C@H](O)C[C@@H](C[C@H]2O[C@H](CO)[C@@H](O)[C@H](O)[C@@H]2O)[C@@H]1O. The van der Waals surface area contributed by atoms with Crippen LogP contribution < -0.4 is 0 Å². The second-order valence-electron chi connectivity index (χ2n) is 5.90. The topological polar surface area (TPSA) is 160 Å². The highest BCUT2D eigenvalue weighted by molar-refractivity contribution is 4.94. The Hall–Kier alpha value is -0.360. The normalized spacial score (nSPS) is 50.0. The monoisotopic (exact) mass is 324 g/mol. The lowest BCUT2D eigenvalue weighted by molar-refractivity contribution is -0.253. The summed E-state index contributed by atoms with van der Waals surface area (Å²) < 4.78 is 10.4. The highest BCUT2D eigenvalue weighted by atomic mass is 16.6. The van der Waals surface area contributed by atoms with Crippen molar-refractivity contribution < 1.29 is 45.2 Å². The van der Waals surface area contributed by atoms with Crippen molar-refractivity contribution in [2.75, 3.05) is 13.2 Å². The van der Waals surface area contributed by atoms with Crippen LogP contribution in [0.5, 0.6) is 0 Å². The summed E-state index contributed by atoms with van der Waals surface area (Å²) in [4.78, 5) is 0. The van der Waals surface area contributed by atoms with Crippen LogP contribution in [-0.2, 0) is 9.47 Å².